The monoisotopic (exact) mass is 479 g/mol. The average Bonchev–Trinajstić information content (AvgIpc) is 3.18. The van der Waals surface area contributed by atoms with Crippen molar-refractivity contribution in [3.8, 4) is 11.5 Å². The van der Waals surface area contributed by atoms with E-state index in [1.165, 1.54) is 5.56 Å². The molecule has 34 heavy (non-hydrogen) atoms. The van der Waals surface area contributed by atoms with Crippen LogP contribution in [0.3, 0.4) is 0 Å². The van der Waals surface area contributed by atoms with Gasteiger partial charge in [0.05, 0.1) is 13.7 Å². The van der Waals surface area contributed by atoms with Crippen LogP contribution in [0, 0.1) is 23.7 Å². The lowest BCUT2D eigenvalue weighted by molar-refractivity contribution is 0.0280. The molecule has 194 valence electrons. The molecule has 1 aromatic rings. The summed E-state index contributed by atoms with van der Waals surface area (Å²) in [6.45, 7) is 12.6. The molecule has 0 spiro atoms. The van der Waals surface area contributed by atoms with Gasteiger partial charge in [0.1, 0.15) is 5.60 Å². The third-order valence-corrected chi connectivity index (χ3v) is 6.49. The lowest BCUT2D eigenvalue weighted by Crippen LogP contribution is -2.35. The predicted octanol–water partition coefficient (Wildman–Crippen LogP) is 4.79. The van der Waals surface area contributed by atoms with Crippen molar-refractivity contribution < 1.29 is 28.8 Å². The number of benzene rings is 1. The first-order valence-corrected chi connectivity index (χ1v) is 12.4. The van der Waals surface area contributed by atoms with Gasteiger partial charge in [-0.1, -0.05) is 19.9 Å². The van der Waals surface area contributed by atoms with Crippen molar-refractivity contribution in [1.29, 1.82) is 0 Å². The zero-order valence-corrected chi connectivity index (χ0v) is 22.1. The van der Waals surface area contributed by atoms with Crippen molar-refractivity contribution in [2.24, 2.45) is 23.7 Å². The largest absolute Gasteiger partial charge is 0.493 e. The predicted molar refractivity (Wildman–Crippen MR) is 134 cm³/mol. The quantitative estimate of drug-likeness (QED) is 0.434. The molecule has 1 N–H and O–H groups in total. The molecular weight excluding hydrogens is 434 g/mol. The second-order valence-corrected chi connectivity index (χ2v) is 10.7. The Kier molecular flexibility index (Phi) is 11.0. The van der Waals surface area contributed by atoms with Crippen LogP contribution in [0.1, 0.15) is 53.0 Å². The van der Waals surface area contributed by atoms with Crippen molar-refractivity contribution in [2.45, 2.75) is 59.5 Å². The number of nitrogens with zero attached hydrogens (tertiary/aromatic N) is 1. The second-order valence-electron chi connectivity index (χ2n) is 10.7. The lowest BCUT2D eigenvalue weighted by Gasteiger charge is -2.27. The van der Waals surface area contributed by atoms with Gasteiger partial charge in [-0.25, -0.2) is 4.79 Å². The Morgan fingerprint density at radius 1 is 1.12 bits per heavy atom. The van der Waals surface area contributed by atoms with E-state index in [1.54, 1.807) is 19.1 Å². The van der Waals surface area contributed by atoms with E-state index in [1.807, 2.05) is 26.8 Å². The zero-order valence-electron chi connectivity index (χ0n) is 22.1. The van der Waals surface area contributed by atoms with Gasteiger partial charge in [0.25, 0.3) is 0 Å². The minimum absolute atomic E-state index is 0.0734. The number of rotatable bonds is 12. The molecule has 0 saturated carbocycles. The van der Waals surface area contributed by atoms with Crippen LogP contribution in [-0.4, -0.2) is 68.8 Å². The summed E-state index contributed by atoms with van der Waals surface area (Å²) in [5, 5.41) is 10.0. The number of carbonyl (C=O) groups is 1. The summed E-state index contributed by atoms with van der Waals surface area (Å²) in [5.74, 6) is 2.67. The molecule has 7 nitrogen and oxygen atoms in total. The molecule has 1 heterocycles. The van der Waals surface area contributed by atoms with Gasteiger partial charge in [0.2, 0.25) is 0 Å². The molecule has 0 bridgehead atoms. The third-order valence-electron chi connectivity index (χ3n) is 6.49. The van der Waals surface area contributed by atoms with Gasteiger partial charge >= 0.3 is 6.09 Å². The maximum absolute atomic E-state index is 12.6. The Balaban J connectivity index is 2.08. The van der Waals surface area contributed by atoms with Gasteiger partial charge in [-0.05, 0) is 69.1 Å². The van der Waals surface area contributed by atoms with E-state index < -0.39 is 5.60 Å². The Morgan fingerprint density at radius 3 is 2.41 bits per heavy atom. The second kappa shape index (κ2) is 13.2. The van der Waals surface area contributed by atoms with E-state index >= 15 is 0 Å². The molecule has 2 rings (SSSR count). The Hall–Kier alpha value is -1.99. The molecule has 0 radical (unpaired) electrons. The number of amides is 1. The van der Waals surface area contributed by atoms with E-state index in [0.29, 0.717) is 38.1 Å². The van der Waals surface area contributed by atoms with Crippen molar-refractivity contribution in [3.63, 3.8) is 0 Å². The minimum Gasteiger partial charge on any atom is -0.493 e. The number of hydrogen-bond donors (Lipinski definition) is 1. The first-order chi connectivity index (χ1) is 16.1. The molecule has 0 aromatic heterocycles. The highest BCUT2D eigenvalue weighted by atomic mass is 16.6. The first-order valence-electron chi connectivity index (χ1n) is 12.4. The van der Waals surface area contributed by atoms with Crippen LogP contribution in [-0.2, 0) is 15.9 Å². The normalized spacial score (nSPS) is 19.4. The minimum atomic E-state index is -0.526. The molecule has 1 aliphatic rings. The number of likely N-dealkylation sites (tertiary alicyclic amines) is 1. The van der Waals surface area contributed by atoms with Crippen LogP contribution in [0.5, 0.6) is 11.5 Å². The summed E-state index contributed by atoms with van der Waals surface area (Å²) in [5.41, 5.74) is 0.672. The summed E-state index contributed by atoms with van der Waals surface area (Å²) >= 11 is 0. The molecule has 3 atom stereocenters. The maximum Gasteiger partial charge on any atom is 0.410 e. The summed E-state index contributed by atoms with van der Waals surface area (Å²) in [4.78, 5) is 14.3. The molecule has 1 aromatic carbocycles. The Labute approximate surface area is 205 Å². The van der Waals surface area contributed by atoms with Crippen LogP contribution in [0.15, 0.2) is 18.2 Å². The van der Waals surface area contributed by atoms with Crippen LogP contribution in [0.2, 0.25) is 0 Å². The summed E-state index contributed by atoms with van der Waals surface area (Å²) in [7, 11) is 3.34. The topological polar surface area (TPSA) is 77.5 Å². The van der Waals surface area contributed by atoms with Gasteiger partial charge in [-0.2, -0.15) is 0 Å². The number of ether oxygens (including phenoxy) is 4. The van der Waals surface area contributed by atoms with Gasteiger partial charge in [0, 0.05) is 45.8 Å². The van der Waals surface area contributed by atoms with Crippen molar-refractivity contribution >= 4 is 6.09 Å². The van der Waals surface area contributed by atoms with Crippen molar-refractivity contribution in [1.82, 2.24) is 4.90 Å². The molecule has 0 aliphatic carbocycles. The summed E-state index contributed by atoms with van der Waals surface area (Å²) < 4.78 is 22.1. The third kappa shape index (κ3) is 8.66. The molecule has 7 heteroatoms. The average molecular weight is 480 g/mol. The van der Waals surface area contributed by atoms with Crippen LogP contribution >= 0.6 is 0 Å². The Morgan fingerprint density at radius 2 is 1.82 bits per heavy atom. The van der Waals surface area contributed by atoms with E-state index in [2.05, 4.69) is 26.0 Å². The first kappa shape index (κ1) is 28.2. The highest BCUT2D eigenvalue weighted by molar-refractivity contribution is 5.68. The number of hydrogen-bond acceptors (Lipinski definition) is 6. The molecule has 2 unspecified atom stereocenters. The number of aliphatic hydroxyl groups is 1. The van der Waals surface area contributed by atoms with Gasteiger partial charge in [-0.3, -0.25) is 0 Å². The smallest absolute Gasteiger partial charge is 0.410 e. The fraction of sp³-hybridized carbons (Fsp3) is 0.741. The van der Waals surface area contributed by atoms with Gasteiger partial charge < -0.3 is 29.0 Å². The van der Waals surface area contributed by atoms with Crippen molar-refractivity contribution in [2.75, 3.05) is 47.1 Å². The SMILES string of the molecule is COCCCOc1cc(C[C@@H](CC2CN(C(=O)OC(C)(C)C)CC2CO)C(C)C)ccc1OC. The molecule has 1 aliphatic heterocycles. The van der Waals surface area contributed by atoms with E-state index in [-0.39, 0.29) is 24.5 Å². The number of carbonyl (C=O) groups excluding carboxylic acids is 1. The fourth-order valence-electron chi connectivity index (χ4n) is 4.52. The number of aliphatic hydroxyl groups excluding tert-OH is 1. The Bertz CT molecular complexity index is 760. The van der Waals surface area contributed by atoms with Crippen LogP contribution in [0.4, 0.5) is 4.79 Å². The van der Waals surface area contributed by atoms with Crippen LogP contribution in [0.25, 0.3) is 0 Å². The summed E-state index contributed by atoms with van der Waals surface area (Å²) in [6.07, 6.45) is 2.37. The number of methoxy groups -OCH3 is 2. The van der Waals surface area contributed by atoms with E-state index in [0.717, 1.165) is 30.8 Å². The zero-order chi connectivity index (χ0) is 25.3. The molecular formula is C27H45NO6. The fourth-order valence-corrected chi connectivity index (χ4v) is 4.52. The molecule has 1 fully saturated rings. The lowest BCUT2D eigenvalue weighted by atomic mass is 9.79. The molecule has 1 saturated heterocycles. The summed E-state index contributed by atoms with van der Waals surface area (Å²) in [6, 6.07) is 6.14. The van der Waals surface area contributed by atoms with Crippen molar-refractivity contribution in [3.05, 3.63) is 23.8 Å². The van der Waals surface area contributed by atoms with Gasteiger partial charge in [0.15, 0.2) is 11.5 Å². The maximum atomic E-state index is 12.6. The molecule has 1 amide bonds. The highest BCUT2D eigenvalue weighted by Gasteiger charge is 2.38. The van der Waals surface area contributed by atoms with Crippen LogP contribution < -0.4 is 9.47 Å². The van der Waals surface area contributed by atoms with E-state index in [4.69, 9.17) is 18.9 Å². The van der Waals surface area contributed by atoms with Gasteiger partial charge in [-0.15, -0.1) is 0 Å². The highest BCUT2D eigenvalue weighted by Crippen LogP contribution is 2.35. The van der Waals surface area contributed by atoms with E-state index in [9.17, 15) is 9.90 Å². The standard InChI is InChI=1S/C27H45NO6/c1-19(2)21(13-20-9-10-24(32-7)25(14-20)33-12-8-11-31-6)15-22-16-28(17-23(22)18-29)26(30)34-27(3,4)5/h9-10,14,19,21-23,29H,8,11-13,15-18H2,1-7H3/t21-,22?,23?/m0/s1.